The van der Waals surface area contributed by atoms with E-state index in [2.05, 4.69) is 21.2 Å². The number of nitro groups is 1. The fraction of sp³-hybridized carbons (Fsp3) is 0.515. The largest absolute Gasteiger partial charge is 0.507 e. The van der Waals surface area contributed by atoms with Crippen molar-refractivity contribution in [2.45, 2.75) is 64.8 Å². The van der Waals surface area contributed by atoms with Gasteiger partial charge in [-0.1, -0.05) is 62.7 Å². The fourth-order valence-electron chi connectivity index (χ4n) is 9.52. The van der Waals surface area contributed by atoms with Crippen molar-refractivity contribution in [2.75, 3.05) is 5.32 Å². The molecule has 13 nitrogen and oxygen atoms in total. The summed E-state index contributed by atoms with van der Waals surface area (Å²) in [5.74, 6) is -11.5. The molecule has 0 aromatic heterocycles. The minimum atomic E-state index is -2.88. The molecule has 7 N–H and O–H groups in total. The molecule has 2 aromatic rings. The Morgan fingerprint density at radius 2 is 1.79 bits per heavy atom. The van der Waals surface area contributed by atoms with Crippen LogP contribution in [0.3, 0.4) is 0 Å². The Hall–Kier alpha value is -3.72. The molecule has 0 saturated heterocycles. The molecule has 10 atom stereocenters. The number of nitro benzene ring substituents is 1. The van der Waals surface area contributed by atoms with Gasteiger partial charge in [0.25, 0.3) is 5.69 Å². The quantitative estimate of drug-likeness (QED) is 0.145. The van der Waals surface area contributed by atoms with Crippen molar-refractivity contribution in [1.29, 1.82) is 0 Å². The molecule has 0 heterocycles. The summed E-state index contributed by atoms with van der Waals surface area (Å²) in [6, 6.07) is 8.54. The van der Waals surface area contributed by atoms with Gasteiger partial charge in [0.1, 0.15) is 23.5 Å². The second-order valence-corrected chi connectivity index (χ2v) is 14.8. The number of phenols is 1. The van der Waals surface area contributed by atoms with Crippen LogP contribution in [0, 0.1) is 50.5 Å². The van der Waals surface area contributed by atoms with Gasteiger partial charge >= 0.3 is 0 Å². The summed E-state index contributed by atoms with van der Waals surface area (Å²) in [4.78, 5) is 66.4. The van der Waals surface area contributed by atoms with E-state index in [4.69, 9.17) is 5.73 Å². The number of nitrogens with zero attached hydrogens (tertiary/aromatic N) is 1. The second-order valence-electron chi connectivity index (χ2n) is 13.9. The van der Waals surface area contributed by atoms with Crippen molar-refractivity contribution in [3.63, 3.8) is 0 Å². The maximum Gasteiger partial charge on any atom is 0.293 e. The molecular weight excluding hydrogens is 678 g/mol. The molecule has 0 aliphatic heterocycles. The van der Waals surface area contributed by atoms with Crippen LogP contribution >= 0.6 is 15.9 Å². The van der Waals surface area contributed by atoms with E-state index in [1.54, 1.807) is 39.8 Å². The molecule has 252 valence electrons. The smallest absolute Gasteiger partial charge is 0.293 e. The van der Waals surface area contributed by atoms with Gasteiger partial charge in [-0.25, -0.2) is 0 Å². The number of rotatable bonds is 6. The number of aliphatic hydroxyl groups excluding tert-OH is 2. The van der Waals surface area contributed by atoms with Crippen LogP contribution in [0.5, 0.6) is 5.75 Å². The number of amides is 2. The number of phenolic OH excluding ortho intramolecular Hbond substituents is 1. The Morgan fingerprint density at radius 3 is 2.36 bits per heavy atom. The number of aromatic hydroxyl groups is 1. The number of anilines is 1. The van der Waals surface area contributed by atoms with Crippen molar-refractivity contribution in [3.8, 4) is 5.75 Å². The predicted octanol–water partition coefficient (Wildman–Crippen LogP) is 3.06. The summed E-state index contributed by atoms with van der Waals surface area (Å²) < 4.78 is 0.395. The van der Waals surface area contributed by atoms with Crippen molar-refractivity contribution in [1.82, 2.24) is 0 Å². The van der Waals surface area contributed by atoms with E-state index >= 15 is 0 Å². The number of Topliss-reactive ketones (excluding diaryl/α,β-unsaturated/α-hetero) is 2. The predicted molar refractivity (Wildman–Crippen MR) is 171 cm³/mol. The highest BCUT2D eigenvalue weighted by Crippen LogP contribution is 2.71. The number of nitrogens with two attached hydrogens (primary N) is 1. The normalized spacial score (nSPS) is 36.3. The molecule has 47 heavy (non-hydrogen) atoms. The molecule has 2 amide bonds. The number of aliphatic hydroxyl groups is 3. The summed E-state index contributed by atoms with van der Waals surface area (Å²) >= 11 is 3.18. The van der Waals surface area contributed by atoms with Crippen LogP contribution in [-0.2, 0) is 14.4 Å². The number of nitrogens with one attached hydrogen (secondary N) is 1. The first kappa shape index (κ1) is 34.6. The maximum absolute atomic E-state index is 14.4. The maximum atomic E-state index is 14.4. The van der Waals surface area contributed by atoms with E-state index in [1.165, 1.54) is 31.2 Å². The van der Waals surface area contributed by atoms with Crippen LogP contribution in [0.4, 0.5) is 11.4 Å². The average Bonchev–Trinajstić information content (AvgIpc) is 2.97. The molecule has 0 radical (unpaired) electrons. The molecule has 14 heteroatoms. The highest BCUT2D eigenvalue weighted by molar-refractivity contribution is 9.10. The number of hydrogen-bond acceptors (Lipinski definition) is 10. The third-order valence-corrected chi connectivity index (χ3v) is 12.1. The third kappa shape index (κ3) is 4.59. The fourth-order valence-corrected chi connectivity index (χ4v) is 9.87. The first-order valence-electron chi connectivity index (χ1n) is 15.3. The number of carbonyl (C=O) groups is 4. The minimum absolute atomic E-state index is 0.0995. The first-order valence-corrected chi connectivity index (χ1v) is 16.1. The Kier molecular flexibility index (Phi) is 8.44. The van der Waals surface area contributed by atoms with E-state index in [1.807, 2.05) is 0 Å². The molecular formula is C33H38BrN3O10. The molecule has 3 aliphatic rings. The van der Waals surface area contributed by atoms with E-state index in [0.29, 0.717) is 10.0 Å². The van der Waals surface area contributed by atoms with E-state index in [-0.39, 0.29) is 17.0 Å². The van der Waals surface area contributed by atoms with Crippen LogP contribution in [0.25, 0.3) is 0 Å². The van der Waals surface area contributed by atoms with E-state index < -0.39 is 105 Å². The SMILES string of the molecule is CC(C)[C@H]1C(O)[C@@H](C(N)=O)C(=O)[C@]2(O)C(O)[C@H]3C(=O)c4c(O)cccc4[C@@H](C)[C@]3(C)[C@@H](CC(=O)Nc3ccc(Br)cc3[N+](=O)[O-])[C@]12C. The second kappa shape index (κ2) is 11.5. The van der Waals surface area contributed by atoms with Crippen molar-refractivity contribution in [3.05, 3.63) is 62.1 Å². The highest BCUT2D eigenvalue weighted by Gasteiger charge is 2.80. The first-order chi connectivity index (χ1) is 21.8. The lowest BCUT2D eigenvalue weighted by Gasteiger charge is -2.71. The number of ketones is 2. The summed E-state index contributed by atoms with van der Waals surface area (Å²) in [5.41, 5.74) is -0.803. The molecule has 5 rings (SSSR count). The Morgan fingerprint density at radius 1 is 1.15 bits per heavy atom. The molecule has 2 fully saturated rings. The highest BCUT2D eigenvalue weighted by atomic mass is 79.9. The zero-order valence-corrected chi connectivity index (χ0v) is 28.0. The van der Waals surface area contributed by atoms with Crippen molar-refractivity contribution < 1.29 is 44.5 Å². The zero-order valence-electron chi connectivity index (χ0n) is 26.4. The van der Waals surface area contributed by atoms with Crippen LogP contribution in [-0.4, -0.2) is 66.5 Å². The monoisotopic (exact) mass is 715 g/mol. The number of benzene rings is 2. The van der Waals surface area contributed by atoms with Crippen LogP contribution in [0.1, 0.15) is 62.9 Å². The molecule has 0 bridgehead atoms. The number of fused-ring (bicyclic) bond motifs is 3. The molecule has 2 aromatic carbocycles. The van der Waals surface area contributed by atoms with Gasteiger partial charge in [0.05, 0.1) is 22.5 Å². The van der Waals surface area contributed by atoms with Gasteiger partial charge in [0, 0.05) is 22.4 Å². The zero-order chi connectivity index (χ0) is 35.1. The lowest BCUT2D eigenvalue weighted by Crippen LogP contribution is -2.82. The number of hydrogen-bond donors (Lipinski definition) is 6. The Bertz CT molecular complexity index is 1720. The van der Waals surface area contributed by atoms with Gasteiger partial charge in [0.2, 0.25) is 11.8 Å². The van der Waals surface area contributed by atoms with Crippen LogP contribution in [0.15, 0.2) is 40.9 Å². The van der Waals surface area contributed by atoms with Gasteiger partial charge in [-0.2, -0.15) is 0 Å². The third-order valence-electron chi connectivity index (χ3n) is 11.6. The lowest BCUT2D eigenvalue weighted by atomic mass is 9.33. The summed E-state index contributed by atoms with van der Waals surface area (Å²) in [6.45, 7) is 8.27. The van der Waals surface area contributed by atoms with Gasteiger partial charge in [-0.3, -0.25) is 29.3 Å². The summed E-state index contributed by atoms with van der Waals surface area (Å²) in [7, 11) is 0. The average molecular weight is 717 g/mol. The number of carbonyl (C=O) groups excluding carboxylic acids is 4. The lowest BCUT2D eigenvalue weighted by molar-refractivity contribution is -0.384. The number of halogens is 1. The number of primary amides is 1. The van der Waals surface area contributed by atoms with E-state index in [9.17, 15) is 49.7 Å². The van der Waals surface area contributed by atoms with Gasteiger partial charge < -0.3 is 31.5 Å². The van der Waals surface area contributed by atoms with Crippen LogP contribution in [0.2, 0.25) is 0 Å². The molecule has 0 spiro atoms. The Labute approximate surface area is 278 Å². The van der Waals surface area contributed by atoms with Crippen molar-refractivity contribution in [2.24, 2.45) is 46.2 Å². The molecule has 3 aliphatic carbocycles. The Balaban J connectivity index is 1.78. The van der Waals surface area contributed by atoms with Gasteiger partial charge in [-0.15, -0.1) is 0 Å². The standard InChI is InChI=1S/C33H38BrN3O10/c1-13(2)24-27(41)23(30(35)44)28(42)33(45)29(43)25-26(40)22-16(7-6-8-19(22)38)14(3)31(25,4)20(32(24,33)5)12-21(39)36-17-10-9-15(34)11-18(17)37(46)47/h6-11,13-14,20,23-25,27,29,38,41,43,45H,12H2,1-5H3,(H2,35,44)(H,36,39)/t14-,20-,23-,24+,25-,27?,29?,31-,32-,33+/m1/s1. The van der Waals surface area contributed by atoms with Gasteiger partial charge in [-0.05, 0) is 52.8 Å². The van der Waals surface area contributed by atoms with E-state index in [0.717, 1.165) is 0 Å². The minimum Gasteiger partial charge on any atom is -0.507 e. The summed E-state index contributed by atoms with van der Waals surface area (Å²) in [5, 5.41) is 61.7. The molecule has 2 saturated carbocycles. The summed E-state index contributed by atoms with van der Waals surface area (Å²) in [6.07, 6.45) is -4.39. The van der Waals surface area contributed by atoms with Crippen LogP contribution < -0.4 is 11.1 Å². The van der Waals surface area contributed by atoms with Gasteiger partial charge in [0.15, 0.2) is 17.2 Å². The van der Waals surface area contributed by atoms with Crippen molar-refractivity contribution >= 4 is 50.7 Å². The topological polar surface area (TPSA) is 230 Å². The molecule has 2 unspecified atom stereocenters.